The van der Waals surface area contributed by atoms with Gasteiger partial charge >= 0.3 is 11.9 Å². The summed E-state index contributed by atoms with van der Waals surface area (Å²) in [6.07, 6.45) is 16.0. The molecule has 2 saturated heterocycles. The van der Waals surface area contributed by atoms with E-state index in [9.17, 15) is 9.59 Å². The zero-order valence-corrected chi connectivity index (χ0v) is 19.7. The van der Waals surface area contributed by atoms with Crippen LogP contribution in [-0.4, -0.2) is 60.3 Å². The molecule has 1 saturated carbocycles. The highest BCUT2D eigenvalue weighted by atomic mass is 16.6. The highest BCUT2D eigenvalue weighted by Gasteiger charge is 2.72. The van der Waals surface area contributed by atoms with Crippen molar-refractivity contribution in [3.63, 3.8) is 0 Å². The number of carboxylic acids is 1. The zero-order chi connectivity index (χ0) is 24.1. The van der Waals surface area contributed by atoms with Crippen LogP contribution in [0.2, 0.25) is 0 Å². The standard InChI is InChI=1S/C26H34O7/c1-18(2)13-14-20-25(3,33-20)24-23(30-4)19(15-16-26(24)17-31-26)32-22(29)12-10-8-6-5-7-9-11-21(27)28/h5-13,19-20,23-24H,14-17H2,1-4H3,(H,27,28)/b7-5-,8-6-,11-9-,12-10+/t19-,20-,23-,24+,25+,26-/m1/s1. The van der Waals surface area contributed by atoms with Crippen molar-refractivity contribution in [2.24, 2.45) is 5.92 Å². The van der Waals surface area contributed by atoms with Crippen LogP contribution >= 0.6 is 0 Å². The van der Waals surface area contributed by atoms with E-state index in [4.69, 9.17) is 24.1 Å². The van der Waals surface area contributed by atoms with Gasteiger partial charge in [0.2, 0.25) is 0 Å². The minimum absolute atomic E-state index is 0.00928. The number of rotatable bonds is 10. The van der Waals surface area contributed by atoms with Crippen LogP contribution in [-0.2, 0) is 28.5 Å². The number of epoxide rings is 2. The average molecular weight is 459 g/mol. The molecular weight excluding hydrogens is 424 g/mol. The molecular formula is C26H34O7. The monoisotopic (exact) mass is 458 g/mol. The van der Waals surface area contributed by atoms with Crippen molar-refractivity contribution in [2.45, 2.75) is 69.5 Å². The normalized spacial score (nSPS) is 35.6. The van der Waals surface area contributed by atoms with Gasteiger partial charge in [-0.15, -0.1) is 0 Å². The molecule has 6 atom stereocenters. The minimum atomic E-state index is -1.00. The number of aliphatic carboxylic acids is 1. The predicted molar refractivity (Wildman–Crippen MR) is 124 cm³/mol. The molecule has 1 spiro atoms. The largest absolute Gasteiger partial charge is 0.478 e. The molecule has 1 N–H and O–H groups in total. The fourth-order valence-electron chi connectivity index (χ4n) is 4.79. The predicted octanol–water partition coefficient (Wildman–Crippen LogP) is 3.92. The van der Waals surface area contributed by atoms with E-state index in [0.717, 1.165) is 18.9 Å². The third-order valence-electron chi connectivity index (χ3n) is 6.53. The van der Waals surface area contributed by atoms with Gasteiger partial charge in [0, 0.05) is 19.3 Å². The molecule has 0 aromatic carbocycles. The Labute approximate surface area is 195 Å². The highest BCUT2D eigenvalue weighted by Crippen LogP contribution is 2.59. The lowest BCUT2D eigenvalue weighted by Gasteiger charge is -2.42. The van der Waals surface area contributed by atoms with E-state index in [1.807, 2.05) is 0 Å². The maximum absolute atomic E-state index is 12.4. The quantitative estimate of drug-likeness (QED) is 0.174. The summed E-state index contributed by atoms with van der Waals surface area (Å²) in [5.74, 6) is -1.45. The summed E-state index contributed by atoms with van der Waals surface area (Å²) in [6.45, 7) is 6.96. The molecule has 0 aromatic heterocycles. The van der Waals surface area contributed by atoms with Gasteiger partial charge in [-0.1, -0.05) is 48.1 Å². The van der Waals surface area contributed by atoms with Gasteiger partial charge in [0.25, 0.3) is 0 Å². The van der Waals surface area contributed by atoms with Gasteiger partial charge < -0.3 is 24.1 Å². The van der Waals surface area contributed by atoms with E-state index < -0.39 is 11.9 Å². The first-order valence-corrected chi connectivity index (χ1v) is 11.3. The third kappa shape index (κ3) is 6.31. The van der Waals surface area contributed by atoms with Crippen LogP contribution in [0.1, 0.15) is 40.0 Å². The van der Waals surface area contributed by atoms with E-state index in [1.165, 1.54) is 17.7 Å². The number of carboxylic acid groups (broad SMARTS) is 1. The van der Waals surface area contributed by atoms with Crippen molar-refractivity contribution in [1.82, 2.24) is 0 Å². The van der Waals surface area contributed by atoms with Crippen molar-refractivity contribution in [2.75, 3.05) is 13.7 Å². The first kappa shape index (κ1) is 25.1. The van der Waals surface area contributed by atoms with Crippen molar-refractivity contribution in [3.05, 3.63) is 60.3 Å². The number of esters is 1. The smallest absolute Gasteiger partial charge is 0.331 e. The Morgan fingerprint density at radius 1 is 1.09 bits per heavy atom. The van der Waals surface area contributed by atoms with Crippen molar-refractivity contribution >= 4 is 11.9 Å². The summed E-state index contributed by atoms with van der Waals surface area (Å²) in [7, 11) is 1.65. The Bertz CT molecular complexity index is 873. The molecule has 7 heteroatoms. The average Bonchev–Trinajstić information content (AvgIpc) is 3.67. The summed E-state index contributed by atoms with van der Waals surface area (Å²) in [5, 5.41) is 8.51. The lowest BCUT2D eigenvalue weighted by Crippen LogP contribution is -2.55. The molecule has 33 heavy (non-hydrogen) atoms. The van der Waals surface area contributed by atoms with Crippen LogP contribution in [0.15, 0.2) is 60.3 Å². The molecule has 0 unspecified atom stereocenters. The number of carbonyl (C=O) groups is 2. The van der Waals surface area contributed by atoms with Gasteiger partial charge in [-0.05, 0) is 40.0 Å². The molecule has 3 aliphatic rings. The van der Waals surface area contributed by atoms with Crippen molar-refractivity contribution in [1.29, 1.82) is 0 Å². The maximum Gasteiger partial charge on any atom is 0.331 e. The van der Waals surface area contributed by atoms with Gasteiger partial charge in [0.15, 0.2) is 0 Å². The van der Waals surface area contributed by atoms with E-state index in [1.54, 1.807) is 37.5 Å². The first-order valence-electron chi connectivity index (χ1n) is 11.3. The maximum atomic E-state index is 12.4. The van der Waals surface area contributed by atoms with E-state index in [2.05, 4.69) is 26.8 Å². The first-order chi connectivity index (χ1) is 15.7. The van der Waals surface area contributed by atoms with Gasteiger partial charge in [-0.2, -0.15) is 0 Å². The number of methoxy groups -OCH3 is 1. The zero-order valence-electron chi connectivity index (χ0n) is 19.7. The number of carbonyl (C=O) groups excluding carboxylic acids is 1. The molecule has 0 radical (unpaired) electrons. The van der Waals surface area contributed by atoms with Gasteiger partial charge in [0.1, 0.15) is 23.4 Å². The second-order valence-corrected chi connectivity index (χ2v) is 9.18. The molecule has 2 heterocycles. The molecule has 3 rings (SSSR count). The Balaban J connectivity index is 1.59. The van der Waals surface area contributed by atoms with Crippen LogP contribution in [0.25, 0.3) is 0 Å². The molecule has 3 fully saturated rings. The second-order valence-electron chi connectivity index (χ2n) is 9.18. The second kappa shape index (κ2) is 10.6. The van der Waals surface area contributed by atoms with Crippen molar-refractivity contribution < 1.29 is 33.6 Å². The molecule has 7 nitrogen and oxygen atoms in total. The summed E-state index contributed by atoms with van der Waals surface area (Å²) in [5.41, 5.74) is 0.642. The topological polar surface area (TPSA) is 97.9 Å². The number of hydrogen-bond acceptors (Lipinski definition) is 6. The van der Waals surface area contributed by atoms with Gasteiger partial charge in [-0.25, -0.2) is 9.59 Å². The molecule has 0 amide bonds. The Kier molecular flexibility index (Phi) is 8.10. The van der Waals surface area contributed by atoms with Crippen LogP contribution in [0, 0.1) is 5.92 Å². The number of ether oxygens (including phenoxy) is 4. The van der Waals surface area contributed by atoms with E-state index in [0.29, 0.717) is 13.0 Å². The summed E-state index contributed by atoms with van der Waals surface area (Å²) < 4.78 is 23.8. The fraction of sp³-hybridized carbons (Fsp3) is 0.538. The number of allylic oxidation sites excluding steroid dienone is 7. The fourth-order valence-corrected chi connectivity index (χ4v) is 4.79. The van der Waals surface area contributed by atoms with E-state index in [-0.39, 0.29) is 35.4 Å². The molecule has 1 aliphatic carbocycles. The number of hydrogen-bond donors (Lipinski definition) is 1. The molecule has 2 aliphatic heterocycles. The third-order valence-corrected chi connectivity index (χ3v) is 6.53. The van der Waals surface area contributed by atoms with Crippen LogP contribution in [0.3, 0.4) is 0 Å². The molecule has 0 bridgehead atoms. The highest BCUT2D eigenvalue weighted by molar-refractivity contribution is 5.82. The van der Waals surface area contributed by atoms with Crippen LogP contribution < -0.4 is 0 Å². The molecule has 0 aromatic rings. The Hall–Kier alpha value is -2.48. The van der Waals surface area contributed by atoms with Crippen LogP contribution in [0.5, 0.6) is 0 Å². The summed E-state index contributed by atoms with van der Waals surface area (Å²) in [6, 6.07) is 0. The summed E-state index contributed by atoms with van der Waals surface area (Å²) in [4.78, 5) is 22.8. The van der Waals surface area contributed by atoms with Gasteiger partial charge in [-0.3, -0.25) is 0 Å². The minimum Gasteiger partial charge on any atom is -0.478 e. The van der Waals surface area contributed by atoms with E-state index >= 15 is 0 Å². The van der Waals surface area contributed by atoms with Gasteiger partial charge in [0.05, 0.1) is 18.6 Å². The Morgan fingerprint density at radius 3 is 2.30 bits per heavy atom. The lowest BCUT2D eigenvalue weighted by molar-refractivity contribution is -0.166. The Morgan fingerprint density at radius 2 is 1.73 bits per heavy atom. The SMILES string of the molecule is CO[C@H]1[C@@H]([C@@]2(C)O[C@@H]2CC=C(C)C)[C@@]2(CC[C@H]1OC(=O)/C=C/C=C\C=C/C=C\C(=O)O)CO2. The van der Waals surface area contributed by atoms with Crippen molar-refractivity contribution in [3.8, 4) is 0 Å². The summed E-state index contributed by atoms with van der Waals surface area (Å²) >= 11 is 0. The van der Waals surface area contributed by atoms with Crippen LogP contribution in [0.4, 0.5) is 0 Å². The molecule has 180 valence electrons. The lowest BCUT2D eigenvalue weighted by atomic mass is 9.68.